The van der Waals surface area contributed by atoms with Crippen LogP contribution in [0.15, 0.2) is 41.6 Å². The number of aryl methyl sites for hydroxylation is 1. The van der Waals surface area contributed by atoms with E-state index >= 15 is 0 Å². The minimum Gasteiger partial charge on any atom is -0.361 e. The summed E-state index contributed by atoms with van der Waals surface area (Å²) in [6, 6.07) is 10.2. The lowest BCUT2D eigenvalue weighted by atomic mass is 10.2. The summed E-state index contributed by atoms with van der Waals surface area (Å²) >= 11 is 0. The first-order chi connectivity index (χ1) is 14.7. The summed E-state index contributed by atoms with van der Waals surface area (Å²) in [6.45, 7) is 8.62. The van der Waals surface area contributed by atoms with E-state index in [0.29, 0.717) is 0 Å². The molecule has 0 amide bonds. The molecule has 3 aromatic rings. The van der Waals surface area contributed by atoms with Crippen molar-refractivity contribution in [3.63, 3.8) is 0 Å². The van der Waals surface area contributed by atoms with Crippen LogP contribution in [0.25, 0.3) is 10.9 Å². The monoisotopic (exact) mass is 406 g/mol. The maximum Gasteiger partial charge on any atom is 0.152 e. The molecule has 2 heterocycles. The van der Waals surface area contributed by atoms with E-state index in [2.05, 4.69) is 53.3 Å². The number of nitrogens with zero attached hydrogens (tertiary/aromatic N) is 4. The number of rotatable bonds is 12. The summed E-state index contributed by atoms with van der Waals surface area (Å²) in [7, 11) is 0. The molecule has 0 bridgehead atoms. The van der Waals surface area contributed by atoms with Crippen LogP contribution in [0.3, 0.4) is 0 Å². The molecule has 0 saturated carbocycles. The number of aromatic amines is 1. The van der Waals surface area contributed by atoms with Crippen LogP contribution < -0.4 is 10.3 Å². The maximum absolute atomic E-state index is 4.86. The van der Waals surface area contributed by atoms with E-state index in [4.69, 9.17) is 9.97 Å². The highest BCUT2D eigenvalue weighted by molar-refractivity contribution is 5.99. The van der Waals surface area contributed by atoms with Crippen molar-refractivity contribution >= 4 is 28.8 Å². The summed E-state index contributed by atoms with van der Waals surface area (Å²) in [5, 5.41) is 5.62. The summed E-state index contributed by atoms with van der Waals surface area (Å²) in [5.41, 5.74) is 5.29. The number of hydrogen-bond acceptors (Lipinski definition) is 5. The summed E-state index contributed by atoms with van der Waals surface area (Å²) in [6.07, 6.45) is 10.4. The molecule has 0 aliphatic carbocycles. The number of fused-ring (bicyclic) bond motifs is 1. The first kappa shape index (κ1) is 21.8. The van der Waals surface area contributed by atoms with Gasteiger partial charge in [-0.1, -0.05) is 51.8 Å². The third kappa shape index (κ3) is 5.81. The Kier molecular flexibility index (Phi) is 8.24. The topological polar surface area (TPSA) is 69.2 Å². The molecule has 0 atom stereocenters. The molecule has 0 aliphatic heterocycles. The Hall–Kier alpha value is -2.89. The van der Waals surface area contributed by atoms with Crippen molar-refractivity contribution in [2.75, 3.05) is 23.4 Å². The van der Waals surface area contributed by atoms with Crippen LogP contribution in [0.4, 0.5) is 11.6 Å². The Morgan fingerprint density at radius 2 is 1.83 bits per heavy atom. The Morgan fingerprint density at radius 1 is 1.03 bits per heavy atom. The third-order valence-electron chi connectivity index (χ3n) is 5.08. The van der Waals surface area contributed by atoms with Gasteiger partial charge in [0.2, 0.25) is 0 Å². The predicted octanol–water partition coefficient (Wildman–Crippen LogP) is 5.76. The molecule has 0 spiro atoms. The number of unbranched alkanes of at least 4 members (excludes halogenated alkanes) is 2. The standard InChI is InChI=1S/C24H34N6/c1-4-7-8-13-22-27-23(16-24(28-22)30(14-5-2)15-6-3)29-26-18-19-17-25-21-12-10-9-11-20(19)21/h9-12,16-18,25H,4-8,13-15H2,1-3H3,(H,27,28,29)/b26-18+. The molecule has 160 valence electrons. The normalized spacial score (nSPS) is 11.4. The predicted molar refractivity (Wildman–Crippen MR) is 128 cm³/mol. The minimum atomic E-state index is 0.750. The van der Waals surface area contributed by atoms with E-state index < -0.39 is 0 Å². The van der Waals surface area contributed by atoms with Gasteiger partial charge < -0.3 is 9.88 Å². The van der Waals surface area contributed by atoms with Crippen molar-refractivity contribution in [3.8, 4) is 0 Å². The molecular formula is C24H34N6. The quantitative estimate of drug-likeness (QED) is 0.228. The summed E-state index contributed by atoms with van der Waals surface area (Å²) < 4.78 is 0. The molecule has 1 aromatic carbocycles. The van der Waals surface area contributed by atoms with Crippen molar-refractivity contribution in [1.82, 2.24) is 15.0 Å². The lowest BCUT2D eigenvalue weighted by Gasteiger charge is -2.23. The molecule has 3 rings (SSSR count). The first-order valence-corrected chi connectivity index (χ1v) is 11.2. The van der Waals surface area contributed by atoms with Gasteiger partial charge in [-0.25, -0.2) is 9.97 Å². The van der Waals surface area contributed by atoms with E-state index in [0.717, 1.165) is 72.7 Å². The fraction of sp³-hybridized carbons (Fsp3) is 0.458. The van der Waals surface area contributed by atoms with Crippen LogP contribution in [-0.2, 0) is 6.42 Å². The van der Waals surface area contributed by atoms with Gasteiger partial charge in [-0.3, -0.25) is 5.43 Å². The van der Waals surface area contributed by atoms with E-state index in [9.17, 15) is 0 Å². The number of anilines is 2. The number of benzene rings is 1. The zero-order chi connectivity index (χ0) is 21.2. The van der Waals surface area contributed by atoms with Crippen molar-refractivity contribution in [3.05, 3.63) is 47.9 Å². The fourth-order valence-electron chi connectivity index (χ4n) is 3.60. The molecule has 6 nitrogen and oxygen atoms in total. The second-order valence-electron chi connectivity index (χ2n) is 7.63. The van der Waals surface area contributed by atoms with Crippen LogP contribution in [-0.4, -0.2) is 34.3 Å². The van der Waals surface area contributed by atoms with Crippen LogP contribution in [0.5, 0.6) is 0 Å². The highest BCUT2D eigenvalue weighted by Crippen LogP contribution is 2.19. The Bertz CT molecular complexity index is 940. The molecule has 2 N–H and O–H groups in total. The fourth-order valence-corrected chi connectivity index (χ4v) is 3.60. The summed E-state index contributed by atoms with van der Waals surface area (Å²) in [5.74, 6) is 2.63. The third-order valence-corrected chi connectivity index (χ3v) is 5.08. The number of hydrogen-bond donors (Lipinski definition) is 2. The average molecular weight is 407 g/mol. The van der Waals surface area contributed by atoms with Crippen LogP contribution >= 0.6 is 0 Å². The molecule has 2 aromatic heterocycles. The lowest BCUT2D eigenvalue weighted by molar-refractivity contribution is 0.685. The minimum absolute atomic E-state index is 0.750. The number of aromatic nitrogens is 3. The van der Waals surface area contributed by atoms with Crippen molar-refractivity contribution < 1.29 is 0 Å². The Labute approximate surface area is 179 Å². The molecule has 0 unspecified atom stereocenters. The number of para-hydroxylation sites is 1. The second kappa shape index (κ2) is 11.3. The molecule has 0 aliphatic rings. The van der Waals surface area contributed by atoms with E-state index in [1.54, 1.807) is 0 Å². The maximum atomic E-state index is 4.86. The van der Waals surface area contributed by atoms with Gasteiger partial charge in [0.15, 0.2) is 5.82 Å². The van der Waals surface area contributed by atoms with Gasteiger partial charge in [-0.05, 0) is 25.3 Å². The average Bonchev–Trinajstić information content (AvgIpc) is 3.17. The molecular weight excluding hydrogens is 372 g/mol. The Balaban J connectivity index is 1.80. The summed E-state index contributed by atoms with van der Waals surface area (Å²) in [4.78, 5) is 15.2. The SMILES string of the molecule is CCCCCc1nc(N/N=C/c2c[nH]c3ccccc23)cc(N(CCC)CCC)n1. The van der Waals surface area contributed by atoms with Crippen molar-refractivity contribution in [2.45, 2.75) is 59.3 Å². The van der Waals surface area contributed by atoms with E-state index in [1.165, 1.54) is 12.8 Å². The van der Waals surface area contributed by atoms with Crippen LogP contribution in [0.1, 0.15) is 64.3 Å². The molecule has 0 fully saturated rings. The molecule has 0 saturated heterocycles. The lowest BCUT2D eigenvalue weighted by Crippen LogP contribution is -2.26. The van der Waals surface area contributed by atoms with E-state index in [1.807, 2.05) is 30.6 Å². The highest BCUT2D eigenvalue weighted by Gasteiger charge is 2.11. The first-order valence-electron chi connectivity index (χ1n) is 11.2. The molecule has 6 heteroatoms. The van der Waals surface area contributed by atoms with Crippen molar-refractivity contribution in [2.24, 2.45) is 5.10 Å². The zero-order valence-corrected chi connectivity index (χ0v) is 18.5. The van der Waals surface area contributed by atoms with Crippen LogP contribution in [0, 0.1) is 0 Å². The second-order valence-corrected chi connectivity index (χ2v) is 7.63. The van der Waals surface area contributed by atoms with Gasteiger partial charge >= 0.3 is 0 Å². The van der Waals surface area contributed by atoms with Gasteiger partial charge in [-0.2, -0.15) is 5.10 Å². The largest absolute Gasteiger partial charge is 0.361 e. The zero-order valence-electron chi connectivity index (χ0n) is 18.5. The van der Waals surface area contributed by atoms with Gasteiger partial charge in [-0.15, -0.1) is 0 Å². The van der Waals surface area contributed by atoms with Crippen molar-refractivity contribution in [1.29, 1.82) is 0 Å². The van der Waals surface area contributed by atoms with Gasteiger partial charge in [0.25, 0.3) is 0 Å². The Morgan fingerprint density at radius 3 is 2.60 bits per heavy atom. The molecule has 30 heavy (non-hydrogen) atoms. The number of hydrazone groups is 1. The molecule has 0 radical (unpaired) electrons. The van der Waals surface area contributed by atoms with Gasteiger partial charge in [0.05, 0.1) is 6.21 Å². The van der Waals surface area contributed by atoms with E-state index in [-0.39, 0.29) is 0 Å². The highest BCUT2D eigenvalue weighted by atomic mass is 15.3. The number of H-pyrrole nitrogens is 1. The van der Waals surface area contributed by atoms with Crippen LogP contribution in [0.2, 0.25) is 0 Å². The van der Waals surface area contributed by atoms with Gasteiger partial charge in [0.1, 0.15) is 11.6 Å². The number of nitrogens with one attached hydrogen (secondary N) is 2. The van der Waals surface area contributed by atoms with Gasteiger partial charge in [0, 0.05) is 48.2 Å². The smallest absolute Gasteiger partial charge is 0.152 e.